The van der Waals surface area contributed by atoms with Crippen LogP contribution in [0.1, 0.15) is 36.0 Å². The van der Waals surface area contributed by atoms with Crippen molar-refractivity contribution in [3.8, 4) is 0 Å². The van der Waals surface area contributed by atoms with Gasteiger partial charge < -0.3 is 19.8 Å². The number of H-pyrrole nitrogens is 1. The summed E-state index contributed by atoms with van der Waals surface area (Å²) in [6.07, 6.45) is 9.24. The van der Waals surface area contributed by atoms with Gasteiger partial charge in [0.05, 0.1) is 12.0 Å². The summed E-state index contributed by atoms with van der Waals surface area (Å²) in [6.45, 7) is 1.55. The first-order chi connectivity index (χ1) is 11.2. The monoisotopic (exact) mass is 314 g/mol. The number of aromatic nitrogens is 4. The number of aryl methyl sites for hydroxylation is 2. The highest BCUT2D eigenvalue weighted by Gasteiger charge is 2.31. The number of nitrogens with one attached hydrogen (secondary N) is 2. The second kappa shape index (κ2) is 5.72. The number of rotatable bonds is 2. The van der Waals surface area contributed by atoms with E-state index >= 15 is 0 Å². The Morgan fingerprint density at radius 3 is 3.13 bits per heavy atom. The van der Waals surface area contributed by atoms with Gasteiger partial charge >= 0.3 is 6.03 Å². The van der Waals surface area contributed by atoms with Crippen LogP contribution in [0.2, 0.25) is 0 Å². The third-order valence-electron chi connectivity index (χ3n) is 5.01. The molecule has 7 nitrogen and oxygen atoms in total. The van der Waals surface area contributed by atoms with Gasteiger partial charge in [0.2, 0.25) is 0 Å². The Balaban J connectivity index is 1.35. The minimum Gasteiger partial charge on any atom is -0.348 e. The standard InChI is InChI=1S/C16H22N6O/c1-21-7-5-17-15(21)11-4-6-22(9-11)16(23)20-12-2-3-13-14(8-12)19-10-18-13/h5,7,10-12H,2-4,6,8-9H2,1H3,(H,18,19)(H,20,23). The van der Waals surface area contributed by atoms with Gasteiger partial charge in [0, 0.05) is 56.6 Å². The third kappa shape index (κ3) is 2.71. The molecule has 2 unspecified atom stereocenters. The van der Waals surface area contributed by atoms with E-state index in [1.807, 2.05) is 28.9 Å². The highest BCUT2D eigenvalue weighted by Crippen LogP contribution is 2.26. The van der Waals surface area contributed by atoms with Crippen molar-refractivity contribution in [1.82, 2.24) is 29.7 Å². The second-order valence-electron chi connectivity index (χ2n) is 6.54. The fourth-order valence-electron chi connectivity index (χ4n) is 3.72. The smallest absolute Gasteiger partial charge is 0.317 e. The zero-order valence-corrected chi connectivity index (χ0v) is 13.3. The van der Waals surface area contributed by atoms with Gasteiger partial charge in [0.15, 0.2) is 0 Å². The van der Waals surface area contributed by atoms with Crippen molar-refractivity contribution < 1.29 is 4.79 Å². The molecule has 0 saturated carbocycles. The van der Waals surface area contributed by atoms with E-state index in [2.05, 4.69) is 20.3 Å². The highest BCUT2D eigenvalue weighted by atomic mass is 16.2. The highest BCUT2D eigenvalue weighted by molar-refractivity contribution is 5.75. The Kier molecular flexibility index (Phi) is 3.55. The Morgan fingerprint density at radius 1 is 1.39 bits per heavy atom. The number of hydrogen-bond acceptors (Lipinski definition) is 3. The Bertz CT molecular complexity index is 705. The van der Waals surface area contributed by atoms with Crippen LogP contribution < -0.4 is 5.32 Å². The number of amides is 2. The lowest BCUT2D eigenvalue weighted by atomic mass is 9.96. The molecule has 0 bridgehead atoms. The predicted molar refractivity (Wildman–Crippen MR) is 85.1 cm³/mol. The second-order valence-corrected chi connectivity index (χ2v) is 6.54. The van der Waals surface area contributed by atoms with Gasteiger partial charge in [-0.3, -0.25) is 0 Å². The molecular weight excluding hydrogens is 292 g/mol. The maximum absolute atomic E-state index is 12.5. The van der Waals surface area contributed by atoms with Gasteiger partial charge in [0.1, 0.15) is 5.82 Å². The molecule has 2 aromatic rings. The molecule has 3 heterocycles. The van der Waals surface area contributed by atoms with Gasteiger partial charge in [0.25, 0.3) is 0 Å². The number of imidazole rings is 2. The predicted octanol–water partition coefficient (Wildman–Crippen LogP) is 1.20. The van der Waals surface area contributed by atoms with E-state index in [1.54, 1.807) is 6.33 Å². The van der Waals surface area contributed by atoms with E-state index in [1.165, 1.54) is 0 Å². The van der Waals surface area contributed by atoms with E-state index in [9.17, 15) is 4.79 Å². The number of fused-ring (bicyclic) bond motifs is 1. The quantitative estimate of drug-likeness (QED) is 0.874. The molecule has 2 N–H and O–H groups in total. The van der Waals surface area contributed by atoms with Gasteiger partial charge in [-0.15, -0.1) is 0 Å². The molecule has 2 amide bonds. The van der Waals surface area contributed by atoms with E-state index < -0.39 is 0 Å². The summed E-state index contributed by atoms with van der Waals surface area (Å²) >= 11 is 0. The lowest BCUT2D eigenvalue weighted by Gasteiger charge is -2.25. The molecule has 0 spiro atoms. The summed E-state index contributed by atoms with van der Waals surface area (Å²) in [6, 6.07) is 0.248. The van der Waals surface area contributed by atoms with Gasteiger partial charge in [-0.05, 0) is 19.3 Å². The lowest BCUT2D eigenvalue weighted by molar-refractivity contribution is 0.202. The number of carbonyl (C=O) groups excluding carboxylic acids is 1. The van der Waals surface area contributed by atoms with Crippen molar-refractivity contribution in [3.05, 3.63) is 35.9 Å². The number of urea groups is 1. The molecule has 1 aliphatic carbocycles. The molecule has 1 aliphatic heterocycles. The number of likely N-dealkylation sites (tertiary alicyclic amines) is 1. The Morgan fingerprint density at radius 2 is 2.30 bits per heavy atom. The summed E-state index contributed by atoms with van der Waals surface area (Å²) in [5, 5.41) is 3.18. The SMILES string of the molecule is Cn1ccnc1C1CCN(C(=O)NC2CCc3nc[nH]c3C2)C1. The first-order valence-electron chi connectivity index (χ1n) is 8.24. The summed E-state index contributed by atoms with van der Waals surface area (Å²) < 4.78 is 2.05. The average Bonchev–Trinajstić information content (AvgIpc) is 3.25. The molecule has 1 fully saturated rings. The van der Waals surface area contributed by atoms with Crippen LogP contribution in [0.5, 0.6) is 0 Å². The number of carbonyl (C=O) groups is 1. The van der Waals surface area contributed by atoms with Gasteiger partial charge in [-0.1, -0.05) is 0 Å². The van der Waals surface area contributed by atoms with E-state index in [4.69, 9.17) is 0 Å². The summed E-state index contributed by atoms with van der Waals surface area (Å²) in [7, 11) is 2.01. The molecule has 1 saturated heterocycles. The normalized spacial score (nSPS) is 23.8. The van der Waals surface area contributed by atoms with Crippen LogP contribution in [0.4, 0.5) is 4.79 Å². The lowest BCUT2D eigenvalue weighted by Crippen LogP contribution is -2.46. The summed E-state index contributed by atoms with van der Waals surface area (Å²) in [5.41, 5.74) is 2.31. The molecule has 7 heteroatoms. The summed E-state index contributed by atoms with van der Waals surface area (Å²) in [4.78, 5) is 26.3. The zero-order valence-electron chi connectivity index (χ0n) is 13.3. The minimum atomic E-state index is 0.0506. The van der Waals surface area contributed by atoms with E-state index in [0.29, 0.717) is 5.92 Å². The molecule has 23 heavy (non-hydrogen) atoms. The maximum atomic E-state index is 12.5. The fraction of sp³-hybridized carbons (Fsp3) is 0.562. The molecule has 0 aromatic carbocycles. The number of nitrogens with zero attached hydrogens (tertiary/aromatic N) is 4. The zero-order chi connectivity index (χ0) is 15.8. The molecule has 0 radical (unpaired) electrons. The van der Waals surface area contributed by atoms with E-state index in [-0.39, 0.29) is 12.1 Å². The molecule has 2 aromatic heterocycles. The van der Waals surface area contributed by atoms with Gasteiger partial charge in [-0.25, -0.2) is 14.8 Å². The maximum Gasteiger partial charge on any atom is 0.317 e. The third-order valence-corrected chi connectivity index (χ3v) is 5.01. The number of aromatic amines is 1. The van der Waals surface area contributed by atoms with Crippen LogP contribution in [-0.4, -0.2) is 49.6 Å². The average molecular weight is 314 g/mol. The largest absolute Gasteiger partial charge is 0.348 e. The van der Waals surface area contributed by atoms with Gasteiger partial charge in [-0.2, -0.15) is 0 Å². The molecule has 122 valence electrons. The van der Waals surface area contributed by atoms with Crippen molar-refractivity contribution in [2.24, 2.45) is 7.05 Å². The minimum absolute atomic E-state index is 0.0506. The molecular formula is C16H22N6O. The van der Waals surface area contributed by atoms with Crippen molar-refractivity contribution in [3.63, 3.8) is 0 Å². The topological polar surface area (TPSA) is 78.8 Å². The first-order valence-corrected chi connectivity index (χ1v) is 8.24. The molecule has 2 atom stereocenters. The number of hydrogen-bond donors (Lipinski definition) is 2. The van der Waals surface area contributed by atoms with Crippen LogP contribution in [0.15, 0.2) is 18.7 Å². The Hall–Kier alpha value is -2.31. The van der Waals surface area contributed by atoms with Crippen LogP contribution in [0, 0.1) is 0 Å². The van der Waals surface area contributed by atoms with Crippen molar-refractivity contribution in [2.75, 3.05) is 13.1 Å². The van der Waals surface area contributed by atoms with Crippen molar-refractivity contribution >= 4 is 6.03 Å². The van der Waals surface area contributed by atoms with Crippen molar-refractivity contribution in [1.29, 1.82) is 0 Å². The van der Waals surface area contributed by atoms with Crippen LogP contribution in [0.25, 0.3) is 0 Å². The Labute approximate surface area is 135 Å². The van der Waals surface area contributed by atoms with E-state index in [0.717, 1.165) is 56.0 Å². The van der Waals surface area contributed by atoms with Crippen LogP contribution in [0.3, 0.4) is 0 Å². The first kappa shape index (κ1) is 14.3. The molecule has 2 aliphatic rings. The van der Waals surface area contributed by atoms with Crippen molar-refractivity contribution in [2.45, 2.75) is 37.6 Å². The molecule has 4 rings (SSSR count). The fourth-order valence-corrected chi connectivity index (χ4v) is 3.72. The van der Waals surface area contributed by atoms with Crippen LogP contribution >= 0.6 is 0 Å². The van der Waals surface area contributed by atoms with Crippen LogP contribution in [-0.2, 0) is 19.9 Å². The summed E-state index contributed by atoms with van der Waals surface area (Å²) in [5.74, 6) is 1.41.